The average molecular weight is 626 g/mol. The minimum absolute atomic E-state index is 0.0853. The molecule has 1 N–H and O–H groups in total. The molecule has 0 saturated heterocycles. The number of unbranched alkanes of at least 4 members (excludes halogenated alkanes) is 1. The molecule has 1 atom stereocenters. The number of nitrogens with one attached hydrogen (secondary N) is 1. The maximum atomic E-state index is 14.6. The minimum atomic E-state index is -4.14. The number of sulfonamides is 1. The molecule has 7 nitrogen and oxygen atoms in total. The summed E-state index contributed by atoms with van der Waals surface area (Å²) in [6.45, 7) is 7.96. The number of hydrogen-bond acceptors (Lipinski definition) is 4. The maximum absolute atomic E-state index is 14.6. The van der Waals surface area contributed by atoms with Gasteiger partial charge in [0.2, 0.25) is 11.8 Å². The summed E-state index contributed by atoms with van der Waals surface area (Å²) in [7, 11) is -4.14. The van der Waals surface area contributed by atoms with Crippen molar-refractivity contribution in [2.75, 3.05) is 17.4 Å². The van der Waals surface area contributed by atoms with Crippen LogP contribution in [0.4, 0.5) is 5.69 Å². The highest BCUT2D eigenvalue weighted by Crippen LogP contribution is 2.29. The summed E-state index contributed by atoms with van der Waals surface area (Å²) in [5, 5.41) is 3.03. The first kappa shape index (κ1) is 33.5. The fourth-order valence-electron chi connectivity index (χ4n) is 5.31. The third-order valence-electron chi connectivity index (χ3n) is 7.99. The van der Waals surface area contributed by atoms with Gasteiger partial charge >= 0.3 is 0 Å². The van der Waals surface area contributed by atoms with Crippen LogP contribution < -0.4 is 9.62 Å². The highest BCUT2D eigenvalue weighted by Gasteiger charge is 2.35. The van der Waals surface area contributed by atoms with E-state index >= 15 is 0 Å². The van der Waals surface area contributed by atoms with Crippen molar-refractivity contribution in [2.24, 2.45) is 0 Å². The van der Waals surface area contributed by atoms with Crippen molar-refractivity contribution in [3.05, 3.63) is 131 Å². The highest BCUT2D eigenvalue weighted by molar-refractivity contribution is 7.92. The van der Waals surface area contributed by atoms with E-state index < -0.39 is 28.5 Å². The molecular formula is C37H43N3O4S. The van der Waals surface area contributed by atoms with Crippen molar-refractivity contribution in [3.63, 3.8) is 0 Å². The summed E-state index contributed by atoms with van der Waals surface area (Å²) < 4.78 is 29.6. The minimum Gasteiger partial charge on any atom is -0.354 e. The number of amides is 2. The van der Waals surface area contributed by atoms with Crippen molar-refractivity contribution in [1.29, 1.82) is 0 Å². The molecule has 0 aliphatic heterocycles. The predicted octanol–water partition coefficient (Wildman–Crippen LogP) is 6.36. The van der Waals surface area contributed by atoms with Crippen molar-refractivity contribution < 1.29 is 18.0 Å². The molecule has 4 aromatic rings. The number of carbonyl (C=O) groups is 2. The van der Waals surface area contributed by atoms with Crippen molar-refractivity contribution in [1.82, 2.24) is 10.2 Å². The largest absolute Gasteiger partial charge is 0.354 e. The molecule has 0 unspecified atom stereocenters. The monoisotopic (exact) mass is 625 g/mol. The van der Waals surface area contributed by atoms with Gasteiger partial charge < -0.3 is 10.2 Å². The fourth-order valence-corrected chi connectivity index (χ4v) is 6.80. The maximum Gasteiger partial charge on any atom is 0.264 e. The first-order valence-electron chi connectivity index (χ1n) is 15.4. The molecule has 0 spiro atoms. The van der Waals surface area contributed by atoms with Crippen molar-refractivity contribution in [3.8, 4) is 0 Å². The van der Waals surface area contributed by atoms with Crippen molar-refractivity contribution >= 4 is 27.5 Å². The first-order chi connectivity index (χ1) is 21.6. The third-order valence-corrected chi connectivity index (χ3v) is 9.76. The molecule has 0 saturated carbocycles. The Bertz CT molecular complexity index is 1690. The van der Waals surface area contributed by atoms with E-state index in [-0.39, 0.29) is 23.8 Å². The van der Waals surface area contributed by atoms with Crippen LogP contribution >= 0.6 is 0 Å². The van der Waals surface area contributed by atoms with E-state index in [0.29, 0.717) is 12.2 Å². The van der Waals surface area contributed by atoms with Gasteiger partial charge in [0.15, 0.2) is 0 Å². The molecule has 0 aromatic heterocycles. The van der Waals surface area contributed by atoms with Crippen LogP contribution in [0.25, 0.3) is 0 Å². The topological polar surface area (TPSA) is 86.8 Å². The van der Waals surface area contributed by atoms with Gasteiger partial charge in [0.05, 0.1) is 10.6 Å². The fraction of sp³-hybridized carbons (Fsp3) is 0.297. The number of rotatable bonds is 14. The van der Waals surface area contributed by atoms with Gasteiger partial charge in [-0.05, 0) is 67.6 Å². The Morgan fingerprint density at radius 2 is 1.44 bits per heavy atom. The average Bonchev–Trinajstić information content (AvgIpc) is 3.04. The molecule has 45 heavy (non-hydrogen) atoms. The Hall–Kier alpha value is -4.43. The Morgan fingerprint density at radius 1 is 0.800 bits per heavy atom. The van der Waals surface area contributed by atoms with E-state index in [2.05, 4.69) is 12.2 Å². The van der Waals surface area contributed by atoms with E-state index in [1.54, 1.807) is 35.2 Å². The smallest absolute Gasteiger partial charge is 0.264 e. The summed E-state index contributed by atoms with van der Waals surface area (Å²) in [6, 6.07) is 30.1. The van der Waals surface area contributed by atoms with E-state index in [4.69, 9.17) is 0 Å². The van der Waals surface area contributed by atoms with Crippen LogP contribution in [0.2, 0.25) is 0 Å². The Morgan fingerprint density at radius 3 is 2.11 bits per heavy atom. The Labute approximate surface area is 268 Å². The third kappa shape index (κ3) is 8.60. The normalized spacial score (nSPS) is 11.9. The number of nitrogens with zero attached hydrogens (tertiary/aromatic N) is 2. The molecule has 4 aromatic carbocycles. The quantitative estimate of drug-likeness (QED) is 0.165. The lowest BCUT2D eigenvalue weighted by molar-refractivity contribution is -0.140. The molecule has 0 radical (unpaired) electrons. The lowest BCUT2D eigenvalue weighted by atomic mass is 10.0. The number of carbonyl (C=O) groups excluding carboxylic acids is 2. The summed E-state index contributed by atoms with van der Waals surface area (Å²) in [5.74, 6) is -0.735. The van der Waals surface area contributed by atoms with Gasteiger partial charge in [0.1, 0.15) is 12.6 Å². The first-order valence-corrected chi connectivity index (χ1v) is 16.9. The van der Waals surface area contributed by atoms with Gasteiger partial charge in [-0.15, -0.1) is 0 Å². The highest BCUT2D eigenvalue weighted by atomic mass is 32.2. The summed E-state index contributed by atoms with van der Waals surface area (Å²) in [6.07, 6.45) is 2.01. The SMILES string of the molecule is CCCCNC(=O)[C@@H](Cc1ccccc1)N(Cc1cccc(C)c1)C(=O)CN(c1cccc(C)c1C)S(=O)(=O)c1ccccc1. The van der Waals surface area contributed by atoms with Crippen molar-refractivity contribution in [2.45, 2.75) is 64.4 Å². The van der Waals surface area contributed by atoms with Crippen LogP contribution in [0.15, 0.2) is 108 Å². The zero-order valence-corrected chi connectivity index (χ0v) is 27.4. The van der Waals surface area contributed by atoms with Gasteiger partial charge in [-0.1, -0.05) is 104 Å². The second-order valence-corrected chi connectivity index (χ2v) is 13.3. The molecule has 0 aliphatic carbocycles. The van der Waals surface area contributed by atoms with Crippen LogP contribution in [0.1, 0.15) is 47.6 Å². The van der Waals surface area contributed by atoms with E-state index in [1.165, 1.54) is 16.4 Å². The van der Waals surface area contributed by atoms with Crippen LogP contribution in [0.3, 0.4) is 0 Å². The number of benzene rings is 4. The van der Waals surface area contributed by atoms with Gasteiger partial charge in [-0.3, -0.25) is 13.9 Å². The summed E-state index contributed by atoms with van der Waals surface area (Å²) in [4.78, 5) is 30.1. The Kier molecular flexibility index (Phi) is 11.5. The van der Waals surface area contributed by atoms with Gasteiger partial charge in [-0.25, -0.2) is 8.42 Å². The van der Waals surface area contributed by atoms with Crippen LogP contribution in [0, 0.1) is 20.8 Å². The molecule has 4 rings (SSSR count). The number of hydrogen-bond donors (Lipinski definition) is 1. The van der Waals surface area contributed by atoms with Gasteiger partial charge in [0.25, 0.3) is 10.0 Å². The number of anilines is 1. The molecule has 0 bridgehead atoms. The second-order valence-electron chi connectivity index (χ2n) is 11.4. The molecule has 2 amide bonds. The zero-order chi connectivity index (χ0) is 32.4. The predicted molar refractivity (Wildman–Crippen MR) is 180 cm³/mol. The Balaban J connectivity index is 1.81. The standard InChI is InChI=1S/C37H43N3O4S/c1-5-6-23-38-37(42)35(25-31-17-9-7-10-18-31)39(26-32-19-13-15-28(2)24-32)36(41)27-40(34-22-14-16-29(3)30(34)4)45(43,44)33-20-11-8-12-21-33/h7-22,24,35H,5-6,23,25-27H2,1-4H3,(H,38,42)/t35-/m1/s1. The van der Waals surface area contributed by atoms with Crippen LogP contribution in [-0.4, -0.2) is 44.3 Å². The molecule has 0 fully saturated rings. The summed E-state index contributed by atoms with van der Waals surface area (Å²) >= 11 is 0. The number of aryl methyl sites for hydroxylation is 2. The van der Waals surface area contributed by atoms with E-state index in [0.717, 1.165) is 40.7 Å². The molecule has 8 heteroatoms. The van der Waals surface area contributed by atoms with Crippen LogP contribution in [-0.2, 0) is 32.6 Å². The molecule has 0 aliphatic rings. The van der Waals surface area contributed by atoms with Crippen LogP contribution in [0.5, 0.6) is 0 Å². The lowest BCUT2D eigenvalue weighted by Crippen LogP contribution is -2.53. The summed E-state index contributed by atoms with van der Waals surface area (Å²) in [5.41, 5.74) is 4.87. The van der Waals surface area contributed by atoms with E-state index in [9.17, 15) is 18.0 Å². The lowest BCUT2D eigenvalue weighted by Gasteiger charge is -2.34. The second kappa shape index (κ2) is 15.5. The molecule has 0 heterocycles. The van der Waals surface area contributed by atoms with Gasteiger partial charge in [0, 0.05) is 19.5 Å². The molecule has 236 valence electrons. The van der Waals surface area contributed by atoms with E-state index in [1.807, 2.05) is 81.4 Å². The molecular weight excluding hydrogens is 582 g/mol. The zero-order valence-electron chi connectivity index (χ0n) is 26.6. The van der Waals surface area contributed by atoms with Gasteiger partial charge in [-0.2, -0.15) is 0 Å².